The van der Waals surface area contributed by atoms with Crippen LogP contribution < -0.4 is 15.4 Å². The van der Waals surface area contributed by atoms with Crippen LogP contribution in [-0.2, 0) is 9.59 Å². The number of nitrogens with zero attached hydrogens (tertiary/aromatic N) is 3. The van der Waals surface area contributed by atoms with Crippen LogP contribution in [0.3, 0.4) is 0 Å². The van der Waals surface area contributed by atoms with Crippen LogP contribution in [0.25, 0.3) is 0 Å². The molecule has 39 heavy (non-hydrogen) atoms. The van der Waals surface area contributed by atoms with Crippen molar-refractivity contribution in [3.63, 3.8) is 0 Å². The van der Waals surface area contributed by atoms with Crippen LogP contribution in [0.1, 0.15) is 38.5 Å². The maximum Gasteiger partial charge on any atom is 0.322 e. The molecule has 2 heterocycles. The van der Waals surface area contributed by atoms with Crippen LogP contribution in [0.5, 0.6) is 11.5 Å². The van der Waals surface area contributed by atoms with Crippen molar-refractivity contribution in [3.05, 3.63) is 66.2 Å². The third kappa shape index (κ3) is 7.14. The minimum atomic E-state index is -0.577. The number of urea groups is 1. The first-order valence-electron chi connectivity index (χ1n) is 13.4. The standard InChI is InChI=1S/C29H33N5O4S/c35-26-20-33(29(37)31-22-11-13-24(14-12-22)38-23-9-5-2-6-10-23)16-17-34(26)25(19-21-7-3-1-4-8-21)27(36)32-28-30-15-18-39-28/h2,5-6,9-15,18,21,25H,1,3-4,7-8,16-17,19-20H2,(H,31,37)(H,30,32,36)/t25-/m0/s1. The van der Waals surface area contributed by atoms with E-state index in [0.29, 0.717) is 42.0 Å². The second kappa shape index (κ2) is 12.8. The van der Waals surface area contributed by atoms with Gasteiger partial charge in [0.2, 0.25) is 11.8 Å². The Balaban J connectivity index is 1.18. The monoisotopic (exact) mass is 547 g/mol. The summed E-state index contributed by atoms with van der Waals surface area (Å²) in [6.07, 6.45) is 7.97. The molecule has 4 amide bonds. The van der Waals surface area contributed by atoms with Gasteiger partial charge in [0, 0.05) is 30.4 Å². The van der Waals surface area contributed by atoms with Gasteiger partial charge in [-0.25, -0.2) is 9.78 Å². The summed E-state index contributed by atoms with van der Waals surface area (Å²) in [5.41, 5.74) is 0.605. The second-order valence-electron chi connectivity index (χ2n) is 9.96. The number of ether oxygens (including phenoxy) is 1. The third-order valence-electron chi connectivity index (χ3n) is 7.25. The summed E-state index contributed by atoms with van der Waals surface area (Å²) in [6.45, 7) is 0.573. The fraction of sp³-hybridized carbons (Fsp3) is 0.379. The second-order valence-corrected chi connectivity index (χ2v) is 10.9. The molecule has 2 aliphatic rings. The smallest absolute Gasteiger partial charge is 0.322 e. The van der Waals surface area contributed by atoms with Crippen LogP contribution in [-0.4, -0.2) is 58.3 Å². The molecule has 1 atom stereocenters. The van der Waals surface area contributed by atoms with E-state index in [1.807, 2.05) is 30.3 Å². The Labute approximate surface area is 232 Å². The molecule has 3 aromatic rings. The van der Waals surface area contributed by atoms with Gasteiger partial charge in [-0.1, -0.05) is 50.3 Å². The summed E-state index contributed by atoms with van der Waals surface area (Å²) in [4.78, 5) is 46.8. The zero-order valence-corrected chi connectivity index (χ0v) is 22.6. The summed E-state index contributed by atoms with van der Waals surface area (Å²) >= 11 is 1.35. The van der Waals surface area contributed by atoms with Gasteiger partial charge in [0.1, 0.15) is 24.1 Å². The number of carbonyl (C=O) groups is 3. The summed E-state index contributed by atoms with van der Waals surface area (Å²) in [5.74, 6) is 1.36. The highest BCUT2D eigenvalue weighted by Gasteiger charge is 2.37. The van der Waals surface area contributed by atoms with E-state index in [2.05, 4.69) is 15.6 Å². The number of aromatic nitrogens is 1. The number of amides is 4. The molecule has 5 rings (SSSR count). The van der Waals surface area contributed by atoms with Crippen molar-refractivity contribution in [1.29, 1.82) is 0 Å². The molecule has 2 fully saturated rings. The zero-order chi connectivity index (χ0) is 27.0. The maximum atomic E-state index is 13.3. The van der Waals surface area contributed by atoms with Gasteiger partial charge >= 0.3 is 6.03 Å². The van der Waals surface area contributed by atoms with E-state index in [1.165, 1.54) is 22.7 Å². The largest absolute Gasteiger partial charge is 0.457 e. The quantitative estimate of drug-likeness (QED) is 0.383. The van der Waals surface area contributed by atoms with Crippen molar-refractivity contribution in [2.45, 2.75) is 44.6 Å². The Kier molecular flexibility index (Phi) is 8.72. The van der Waals surface area contributed by atoms with E-state index in [1.54, 1.807) is 40.7 Å². The molecule has 2 aromatic carbocycles. The van der Waals surface area contributed by atoms with Gasteiger partial charge in [0.25, 0.3) is 0 Å². The Morgan fingerprint density at radius 2 is 1.72 bits per heavy atom. The highest BCUT2D eigenvalue weighted by molar-refractivity contribution is 7.13. The molecule has 9 nitrogen and oxygen atoms in total. The molecule has 0 unspecified atom stereocenters. The molecule has 1 aliphatic carbocycles. The molecule has 1 aliphatic heterocycles. The number of piperazine rings is 1. The Bertz CT molecular complexity index is 1250. The molecule has 1 aromatic heterocycles. The summed E-state index contributed by atoms with van der Waals surface area (Å²) in [5, 5.41) is 8.08. The predicted octanol–water partition coefficient (Wildman–Crippen LogP) is 5.59. The first-order chi connectivity index (χ1) is 19.0. The van der Waals surface area contributed by atoms with Crippen molar-refractivity contribution in [1.82, 2.24) is 14.8 Å². The average molecular weight is 548 g/mol. The van der Waals surface area contributed by atoms with Crippen molar-refractivity contribution >= 4 is 40.0 Å². The van der Waals surface area contributed by atoms with Gasteiger partial charge < -0.3 is 25.2 Å². The van der Waals surface area contributed by atoms with Crippen LogP contribution in [0.4, 0.5) is 15.6 Å². The molecule has 10 heteroatoms. The van der Waals surface area contributed by atoms with Crippen molar-refractivity contribution in [2.24, 2.45) is 5.92 Å². The van der Waals surface area contributed by atoms with E-state index < -0.39 is 6.04 Å². The number of nitrogens with one attached hydrogen (secondary N) is 2. The van der Waals surface area contributed by atoms with Crippen LogP contribution >= 0.6 is 11.3 Å². The molecular formula is C29H33N5O4S. The minimum Gasteiger partial charge on any atom is -0.457 e. The number of hydrogen-bond donors (Lipinski definition) is 2. The van der Waals surface area contributed by atoms with Crippen LogP contribution in [0.2, 0.25) is 0 Å². The van der Waals surface area contributed by atoms with Gasteiger partial charge in [0.05, 0.1) is 0 Å². The van der Waals surface area contributed by atoms with Gasteiger partial charge in [-0.05, 0) is 48.7 Å². The lowest BCUT2D eigenvalue weighted by Crippen LogP contribution is -2.59. The van der Waals surface area contributed by atoms with Gasteiger partial charge in [-0.15, -0.1) is 11.3 Å². The fourth-order valence-electron chi connectivity index (χ4n) is 5.21. The summed E-state index contributed by atoms with van der Waals surface area (Å²) in [7, 11) is 0. The van der Waals surface area contributed by atoms with E-state index in [9.17, 15) is 14.4 Å². The van der Waals surface area contributed by atoms with Gasteiger partial charge in [-0.3, -0.25) is 9.59 Å². The van der Waals surface area contributed by atoms with E-state index >= 15 is 0 Å². The first-order valence-corrected chi connectivity index (χ1v) is 14.3. The summed E-state index contributed by atoms with van der Waals surface area (Å²) in [6, 6.07) is 15.6. The Morgan fingerprint density at radius 1 is 0.974 bits per heavy atom. The highest BCUT2D eigenvalue weighted by atomic mass is 32.1. The molecule has 2 N–H and O–H groups in total. The van der Waals surface area contributed by atoms with Gasteiger partial charge in [-0.2, -0.15) is 0 Å². The molecule has 1 saturated heterocycles. The van der Waals surface area contributed by atoms with Crippen LogP contribution in [0.15, 0.2) is 66.2 Å². The molecule has 0 radical (unpaired) electrons. The molecule has 1 saturated carbocycles. The van der Waals surface area contributed by atoms with Crippen molar-refractivity contribution in [3.8, 4) is 11.5 Å². The van der Waals surface area contributed by atoms with Gasteiger partial charge in [0.15, 0.2) is 5.13 Å². The van der Waals surface area contributed by atoms with Crippen molar-refractivity contribution in [2.75, 3.05) is 30.3 Å². The molecule has 0 bridgehead atoms. The Morgan fingerprint density at radius 3 is 2.41 bits per heavy atom. The lowest BCUT2D eigenvalue weighted by molar-refractivity contribution is -0.142. The number of benzene rings is 2. The van der Waals surface area contributed by atoms with Crippen molar-refractivity contribution < 1.29 is 19.1 Å². The number of hydrogen-bond acceptors (Lipinski definition) is 6. The lowest BCUT2D eigenvalue weighted by Gasteiger charge is -2.39. The number of rotatable bonds is 8. The van der Waals surface area contributed by atoms with Crippen LogP contribution in [0, 0.1) is 5.92 Å². The molecule has 0 spiro atoms. The van der Waals surface area contributed by atoms with E-state index in [-0.39, 0.29) is 24.4 Å². The SMILES string of the molecule is O=C(Nc1nccs1)[C@H](CC1CCCCC1)N1CCN(C(=O)Nc2ccc(Oc3ccccc3)cc2)CC1=O. The number of thiazole rings is 1. The summed E-state index contributed by atoms with van der Waals surface area (Å²) < 4.78 is 5.80. The van der Waals surface area contributed by atoms with E-state index in [0.717, 1.165) is 31.4 Å². The molecule has 204 valence electrons. The normalized spacial score (nSPS) is 17.0. The predicted molar refractivity (Wildman–Crippen MR) is 151 cm³/mol. The van der Waals surface area contributed by atoms with E-state index in [4.69, 9.17) is 4.74 Å². The molecular weight excluding hydrogens is 514 g/mol. The zero-order valence-electron chi connectivity index (χ0n) is 21.8. The topological polar surface area (TPSA) is 104 Å². The highest BCUT2D eigenvalue weighted by Crippen LogP contribution is 2.30. The number of para-hydroxylation sites is 1. The third-order valence-corrected chi connectivity index (χ3v) is 7.94. The number of carbonyl (C=O) groups excluding carboxylic acids is 3. The minimum absolute atomic E-state index is 0.0767. The average Bonchev–Trinajstić information content (AvgIpc) is 3.47. The number of anilines is 2. The fourth-order valence-corrected chi connectivity index (χ4v) is 5.74. The Hall–Kier alpha value is -3.92. The lowest BCUT2D eigenvalue weighted by atomic mass is 9.84. The maximum absolute atomic E-state index is 13.3. The first kappa shape index (κ1) is 26.7.